The lowest BCUT2D eigenvalue weighted by molar-refractivity contribution is -0.139. The number of nitrogens with one attached hydrogen (secondary N) is 1. The molecule has 1 atom stereocenters. The molecule has 0 fully saturated rings. The fraction of sp³-hybridized carbons (Fsp3) is 0.350. The zero-order valence-corrected chi connectivity index (χ0v) is 16.0. The first-order valence-corrected chi connectivity index (χ1v) is 8.91. The Balaban J connectivity index is 1.95. The van der Waals surface area contributed by atoms with Crippen LogP contribution in [0, 0.1) is 6.92 Å². The summed E-state index contributed by atoms with van der Waals surface area (Å²) < 4.78 is 3.56. The molecule has 3 aromatic rings. The van der Waals surface area contributed by atoms with Crippen LogP contribution in [0.2, 0.25) is 0 Å². The Morgan fingerprint density at radius 2 is 2.04 bits per heavy atom. The molecule has 0 saturated carbocycles. The van der Waals surface area contributed by atoms with Crippen molar-refractivity contribution in [2.75, 3.05) is 0 Å². The molecule has 2 heterocycles. The van der Waals surface area contributed by atoms with Gasteiger partial charge in [0.25, 0.3) is 5.56 Å². The molecule has 2 aromatic heterocycles. The predicted molar refractivity (Wildman–Crippen MR) is 105 cm³/mol. The molecule has 0 aliphatic heterocycles. The largest absolute Gasteiger partial charge is 0.480 e. The van der Waals surface area contributed by atoms with Crippen molar-refractivity contribution >= 4 is 17.0 Å². The van der Waals surface area contributed by atoms with Gasteiger partial charge >= 0.3 is 5.97 Å². The summed E-state index contributed by atoms with van der Waals surface area (Å²) in [6.07, 6.45) is 2.31. The highest BCUT2D eigenvalue weighted by atomic mass is 16.4. The molecule has 2 N–H and O–H groups in total. The summed E-state index contributed by atoms with van der Waals surface area (Å²) in [5, 5.41) is 12.2. The van der Waals surface area contributed by atoms with E-state index in [-0.39, 0.29) is 5.56 Å². The van der Waals surface area contributed by atoms with E-state index in [1.807, 2.05) is 42.8 Å². The van der Waals surface area contributed by atoms with E-state index in [9.17, 15) is 9.59 Å². The molecule has 0 saturated heterocycles. The predicted octanol–water partition coefficient (Wildman–Crippen LogP) is 2.20. The summed E-state index contributed by atoms with van der Waals surface area (Å²) in [5.41, 5.74) is 4.32. The number of carboxylic acid groups (broad SMARTS) is 1. The maximum Gasteiger partial charge on any atom is 0.320 e. The van der Waals surface area contributed by atoms with Gasteiger partial charge in [0.05, 0.1) is 11.0 Å². The SMILES string of the molecule is CC[C@H](NCc1ccc2c(c1)nc(-c1cc(C)c(=O)n(C)c1)n2C)C(=O)O. The number of aliphatic carboxylic acids is 1. The second-order valence-corrected chi connectivity index (χ2v) is 6.83. The Hall–Kier alpha value is -2.93. The number of pyridine rings is 1. The number of carboxylic acids is 1. The van der Waals surface area contributed by atoms with Crippen molar-refractivity contribution in [3.05, 3.63) is 51.9 Å². The van der Waals surface area contributed by atoms with E-state index in [0.717, 1.165) is 28.0 Å². The van der Waals surface area contributed by atoms with Gasteiger partial charge in [0.15, 0.2) is 0 Å². The molecule has 7 heteroatoms. The average molecular weight is 368 g/mol. The Bertz CT molecular complexity index is 1040. The number of fused-ring (bicyclic) bond motifs is 1. The number of hydrogen-bond acceptors (Lipinski definition) is 4. The van der Waals surface area contributed by atoms with Crippen LogP contribution in [0.15, 0.2) is 35.3 Å². The molecule has 0 bridgehead atoms. The zero-order valence-electron chi connectivity index (χ0n) is 16.0. The maximum atomic E-state index is 11.9. The van der Waals surface area contributed by atoms with Gasteiger partial charge in [-0.15, -0.1) is 0 Å². The summed E-state index contributed by atoms with van der Waals surface area (Å²) in [6.45, 7) is 4.10. The summed E-state index contributed by atoms with van der Waals surface area (Å²) in [7, 11) is 3.68. The van der Waals surface area contributed by atoms with Crippen molar-refractivity contribution in [2.45, 2.75) is 32.9 Å². The molecule has 27 heavy (non-hydrogen) atoms. The van der Waals surface area contributed by atoms with Crippen LogP contribution in [0.4, 0.5) is 0 Å². The molecule has 142 valence electrons. The fourth-order valence-corrected chi connectivity index (χ4v) is 3.26. The van der Waals surface area contributed by atoms with Gasteiger partial charge in [-0.25, -0.2) is 4.98 Å². The minimum absolute atomic E-state index is 0.0187. The number of hydrogen-bond donors (Lipinski definition) is 2. The standard InChI is InChI=1S/C20H24N4O3/c1-5-15(20(26)27)21-10-13-6-7-17-16(9-13)22-18(24(17)4)14-8-12(2)19(25)23(3)11-14/h6-9,11,15,21H,5,10H2,1-4H3,(H,26,27)/t15-/m0/s1. The minimum atomic E-state index is -0.844. The molecule has 0 unspecified atom stereocenters. The Morgan fingerprint density at radius 1 is 1.30 bits per heavy atom. The Labute approximate surface area is 157 Å². The normalized spacial score (nSPS) is 12.4. The molecule has 1 aromatic carbocycles. The van der Waals surface area contributed by atoms with E-state index in [2.05, 4.69) is 5.32 Å². The highest BCUT2D eigenvalue weighted by Crippen LogP contribution is 2.24. The van der Waals surface area contributed by atoms with Crippen LogP contribution >= 0.6 is 0 Å². The first-order valence-electron chi connectivity index (χ1n) is 8.91. The lowest BCUT2D eigenvalue weighted by Gasteiger charge is -2.12. The van der Waals surface area contributed by atoms with Crippen molar-refractivity contribution in [3.63, 3.8) is 0 Å². The van der Waals surface area contributed by atoms with Gasteiger partial charge in [0.2, 0.25) is 0 Å². The molecular weight excluding hydrogens is 344 g/mol. The molecular formula is C20H24N4O3. The average Bonchev–Trinajstić information content (AvgIpc) is 2.95. The van der Waals surface area contributed by atoms with Crippen LogP contribution in [0.25, 0.3) is 22.4 Å². The monoisotopic (exact) mass is 368 g/mol. The number of aromatic nitrogens is 3. The van der Waals surface area contributed by atoms with Gasteiger partial charge < -0.3 is 19.6 Å². The highest BCUT2D eigenvalue weighted by Gasteiger charge is 2.15. The van der Waals surface area contributed by atoms with Gasteiger partial charge in [-0.05, 0) is 37.1 Å². The zero-order chi connectivity index (χ0) is 19.7. The Morgan fingerprint density at radius 3 is 2.67 bits per heavy atom. The van der Waals surface area contributed by atoms with Crippen LogP contribution in [0.3, 0.4) is 0 Å². The van der Waals surface area contributed by atoms with Gasteiger partial charge in [-0.2, -0.15) is 0 Å². The molecule has 0 aliphatic rings. The summed E-state index contributed by atoms with van der Waals surface area (Å²) in [4.78, 5) is 27.8. The van der Waals surface area contributed by atoms with Crippen LogP contribution in [-0.4, -0.2) is 31.2 Å². The van der Waals surface area contributed by atoms with Crippen LogP contribution < -0.4 is 10.9 Å². The van der Waals surface area contributed by atoms with Crippen LogP contribution in [0.1, 0.15) is 24.5 Å². The first-order chi connectivity index (χ1) is 12.8. The lowest BCUT2D eigenvalue weighted by atomic mass is 10.1. The van der Waals surface area contributed by atoms with E-state index in [4.69, 9.17) is 10.1 Å². The van der Waals surface area contributed by atoms with E-state index < -0.39 is 12.0 Å². The third kappa shape index (κ3) is 3.64. The summed E-state index contributed by atoms with van der Waals surface area (Å²) in [6, 6.07) is 7.22. The van der Waals surface area contributed by atoms with Gasteiger partial charge in [0, 0.05) is 38.0 Å². The van der Waals surface area contributed by atoms with E-state index in [1.165, 1.54) is 0 Å². The van der Waals surface area contributed by atoms with Crippen molar-refractivity contribution in [1.29, 1.82) is 0 Å². The van der Waals surface area contributed by atoms with Gasteiger partial charge in [-0.1, -0.05) is 13.0 Å². The molecule has 3 rings (SSSR count). The second-order valence-electron chi connectivity index (χ2n) is 6.83. The molecule has 0 spiro atoms. The van der Waals surface area contributed by atoms with Gasteiger partial charge in [-0.3, -0.25) is 9.59 Å². The quantitative estimate of drug-likeness (QED) is 0.696. The van der Waals surface area contributed by atoms with E-state index in [1.54, 1.807) is 24.7 Å². The van der Waals surface area contributed by atoms with Crippen molar-refractivity contribution in [2.24, 2.45) is 14.1 Å². The summed E-state index contributed by atoms with van der Waals surface area (Å²) in [5.74, 6) is -0.0606. The molecule has 0 aliphatic carbocycles. The number of aryl methyl sites for hydroxylation is 3. The number of benzene rings is 1. The number of nitrogens with zero attached hydrogens (tertiary/aromatic N) is 3. The Kier molecular flexibility index (Phi) is 5.14. The number of rotatable bonds is 6. The van der Waals surface area contributed by atoms with Crippen molar-refractivity contribution < 1.29 is 9.90 Å². The van der Waals surface area contributed by atoms with Crippen molar-refractivity contribution in [1.82, 2.24) is 19.4 Å². The molecule has 0 radical (unpaired) electrons. The smallest absolute Gasteiger partial charge is 0.320 e. The number of imidazole rings is 1. The first kappa shape index (κ1) is 18.8. The molecule has 7 nitrogen and oxygen atoms in total. The lowest BCUT2D eigenvalue weighted by Crippen LogP contribution is -2.35. The van der Waals surface area contributed by atoms with Gasteiger partial charge in [0.1, 0.15) is 11.9 Å². The van der Waals surface area contributed by atoms with E-state index >= 15 is 0 Å². The van der Waals surface area contributed by atoms with Crippen LogP contribution in [-0.2, 0) is 25.4 Å². The maximum absolute atomic E-state index is 11.9. The topological polar surface area (TPSA) is 89.2 Å². The van der Waals surface area contributed by atoms with E-state index in [0.29, 0.717) is 18.5 Å². The third-order valence-corrected chi connectivity index (χ3v) is 4.82. The van der Waals surface area contributed by atoms with Crippen molar-refractivity contribution in [3.8, 4) is 11.4 Å². The third-order valence-electron chi connectivity index (χ3n) is 4.82. The van der Waals surface area contributed by atoms with Crippen LogP contribution in [0.5, 0.6) is 0 Å². The summed E-state index contributed by atoms with van der Waals surface area (Å²) >= 11 is 0. The fourth-order valence-electron chi connectivity index (χ4n) is 3.26. The molecule has 0 amide bonds. The second kappa shape index (κ2) is 7.36. The highest BCUT2D eigenvalue weighted by molar-refractivity contribution is 5.81. The number of carbonyl (C=O) groups is 1. The minimum Gasteiger partial charge on any atom is -0.480 e.